The number of amides is 1. The zero-order valence-electron chi connectivity index (χ0n) is 14.2. The molecule has 3 N–H and O–H groups in total. The molecule has 0 radical (unpaired) electrons. The van der Waals surface area contributed by atoms with Crippen LogP contribution in [-0.2, 0) is 6.54 Å². The fraction of sp³-hybridized carbons (Fsp3) is 0.412. The summed E-state index contributed by atoms with van der Waals surface area (Å²) in [5.41, 5.74) is 7.32. The van der Waals surface area contributed by atoms with E-state index in [9.17, 15) is 4.79 Å². The van der Waals surface area contributed by atoms with Crippen molar-refractivity contribution in [3.8, 4) is 11.5 Å². The highest BCUT2D eigenvalue weighted by Gasteiger charge is 2.14. The maximum absolute atomic E-state index is 12.3. The topological polar surface area (TPSA) is 86.5 Å². The average Bonchev–Trinajstić information content (AvgIpc) is 3.09. The van der Waals surface area contributed by atoms with Crippen molar-refractivity contribution in [2.24, 2.45) is 5.73 Å². The number of rotatable bonds is 8. The summed E-state index contributed by atoms with van der Waals surface area (Å²) >= 11 is 1.42. The molecule has 6 nitrogen and oxygen atoms in total. The Balaban J connectivity index is 2.00. The lowest BCUT2D eigenvalue weighted by Crippen LogP contribution is -2.23. The van der Waals surface area contributed by atoms with Crippen LogP contribution in [0.25, 0.3) is 0 Å². The molecule has 0 aliphatic rings. The Hall–Kier alpha value is -2.12. The smallest absolute Gasteiger partial charge is 0.271 e. The minimum atomic E-state index is -0.219. The predicted octanol–water partition coefficient (Wildman–Crippen LogP) is 2.89. The van der Waals surface area contributed by atoms with Crippen LogP contribution in [0.4, 0.5) is 0 Å². The SMILES string of the molecule is CCCC(N)c1nc(C(=O)NCc2cc(OC)cc(OC)c2)cs1. The van der Waals surface area contributed by atoms with Gasteiger partial charge < -0.3 is 20.5 Å². The third kappa shape index (κ3) is 4.69. The van der Waals surface area contributed by atoms with Crippen molar-refractivity contribution in [2.45, 2.75) is 32.4 Å². The van der Waals surface area contributed by atoms with E-state index in [1.165, 1.54) is 11.3 Å². The van der Waals surface area contributed by atoms with E-state index in [0.29, 0.717) is 23.7 Å². The van der Waals surface area contributed by atoms with Gasteiger partial charge in [-0.1, -0.05) is 13.3 Å². The van der Waals surface area contributed by atoms with Crippen LogP contribution in [-0.4, -0.2) is 25.1 Å². The van der Waals surface area contributed by atoms with Crippen molar-refractivity contribution in [2.75, 3.05) is 14.2 Å². The number of hydrogen-bond acceptors (Lipinski definition) is 6. The van der Waals surface area contributed by atoms with Gasteiger partial charge in [0.1, 0.15) is 22.2 Å². The van der Waals surface area contributed by atoms with E-state index in [4.69, 9.17) is 15.2 Å². The predicted molar refractivity (Wildman–Crippen MR) is 94.7 cm³/mol. The molecule has 2 aromatic rings. The average molecular weight is 349 g/mol. The molecule has 2 rings (SSSR count). The lowest BCUT2D eigenvalue weighted by Gasteiger charge is -2.09. The van der Waals surface area contributed by atoms with E-state index in [0.717, 1.165) is 23.4 Å². The number of benzene rings is 1. The van der Waals surface area contributed by atoms with E-state index < -0.39 is 0 Å². The van der Waals surface area contributed by atoms with Gasteiger partial charge in [-0.2, -0.15) is 0 Å². The number of nitrogens with one attached hydrogen (secondary N) is 1. The molecule has 7 heteroatoms. The molecule has 1 amide bonds. The molecule has 0 aliphatic heterocycles. The summed E-state index contributed by atoms with van der Waals surface area (Å²) in [5, 5.41) is 5.39. The van der Waals surface area contributed by atoms with Gasteiger partial charge in [0, 0.05) is 18.0 Å². The molecule has 0 aliphatic carbocycles. The van der Waals surface area contributed by atoms with E-state index in [-0.39, 0.29) is 11.9 Å². The van der Waals surface area contributed by atoms with Crippen molar-refractivity contribution >= 4 is 17.2 Å². The van der Waals surface area contributed by atoms with Crippen molar-refractivity contribution < 1.29 is 14.3 Å². The highest BCUT2D eigenvalue weighted by molar-refractivity contribution is 7.09. The molecular weight excluding hydrogens is 326 g/mol. The van der Waals surface area contributed by atoms with Gasteiger partial charge in [0.25, 0.3) is 5.91 Å². The minimum Gasteiger partial charge on any atom is -0.497 e. The molecule has 0 spiro atoms. The lowest BCUT2D eigenvalue weighted by molar-refractivity contribution is 0.0946. The van der Waals surface area contributed by atoms with Crippen LogP contribution in [0.2, 0.25) is 0 Å². The van der Waals surface area contributed by atoms with Gasteiger partial charge in [-0.15, -0.1) is 11.3 Å². The number of thiazole rings is 1. The fourth-order valence-electron chi connectivity index (χ4n) is 2.24. The first-order valence-electron chi connectivity index (χ1n) is 7.78. The zero-order chi connectivity index (χ0) is 17.5. The van der Waals surface area contributed by atoms with Crippen molar-refractivity contribution in [1.29, 1.82) is 0 Å². The normalized spacial score (nSPS) is 11.8. The molecule has 1 unspecified atom stereocenters. The van der Waals surface area contributed by atoms with Crippen LogP contribution in [0, 0.1) is 0 Å². The second-order valence-corrected chi connectivity index (χ2v) is 6.26. The number of carbonyl (C=O) groups excluding carboxylic acids is 1. The van der Waals surface area contributed by atoms with Gasteiger partial charge in [-0.3, -0.25) is 4.79 Å². The van der Waals surface area contributed by atoms with Gasteiger partial charge >= 0.3 is 0 Å². The molecule has 1 heterocycles. The molecule has 0 saturated carbocycles. The Morgan fingerprint density at radius 2 is 1.96 bits per heavy atom. The number of nitrogens with zero attached hydrogens (tertiary/aromatic N) is 1. The number of hydrogen-bond donors (Lipinski definition) is 2. The molecule has 1 atom stereocenters. The zero-order valence-corrected chi connectivity index (χ0v) is 15.0. The first-order chi connectivity index (χ1) is 11.6. The van der Waals surface area contributed by atoms with Gasteiger partial charge in [0.15, 0.2) is 0 Å². The summed E-state index contributed by atoms with van der Waals surface area (Å²) in [4.78, 5) is 16.6. The molecule has 0 fully saturated rings. The van der Waals surface area contributed by atoms with Crippen LogP contribution in [0.1, 0.15) is 46.9 Å². The Morgan fingerprint density at radius 1 is 1.29 bits per heavy atom. The monoisotopic (exact) mass is 349 g/mol. The van der Waals surface area contributed by atoms with Crippen molar-refractivity contribution in [1.82, 2.24) is 10.3 Å². The van der Waals surface area contributed by atoms with Gasteiger partial charge in [0.05, 0.1) is 20.3 Å². The Morgan fingerprint density at radius 3 is 2.54 bits per heavy atom. The molecule has 1 aromatic heterocycles. The van der Waals surface area contributed by atoms with Gasteiger partial charge in [0.2, 0.25) is 0 Å². The second-order valence-electron chi connectivity index (χ2n) is 5.37. The van der Waals surface area contributed by atoms with Crippen LogP contribution < -0.4 is 20.5 Å². The first kappa shape index (κ1) is 18.2. The van der Waals surface area contributed by atoms with E-state index >= 15 is 0 Å². The molecule has 130 valence electrons. The summed E-state index contributed by atoms with van der Waals surface area (Å²) in [6.07, 6.45) is 1.85. The molecule has 0 saturated heterocycles. The molecular formula is C17H23N3O3S. The summed E-state index contributed by atoms with van der Waals surface area (Å²) in [5.74, 6) is 1.14. The largest absolute Gasteiger partial charge is 0.497 e. The Bertz CT molecular complexity index is 665. The molecule has 1 aromatic carbocycles. The maximum Gasteiger partial charge on any atom is 0.271 e. The standard InChI is InChI=1S/C17H23N3O3S/c1-4-5-14(18)17-20-15(10-24-17)16(21)19-9-11-6-12(22-2)8-13(7-11)23-3/h6-8,10,14H,4-5,9,18H2,1-3H3,(H,19,21). The van der Waals surface area contributed by atoms with Crippen LogP contribution in [0.3, 0.4) is 0 Å². The Labute approximate surface area is 146 Å². The maximum atomic E-state index is 12.3. The molecule has 0 bridgehead atoms. The highest BCUT2D eigenvalue weighted by Crippen LogP contribution is 2.23. The fourth-order valence-corrected chi connectivity index (χ4v) is 3.07. The number of ether oxygens (including phenoxy) is 2. The van der Waals surface area contributed by atoms with Crippen LogP contribution in [0.5, 0.6) is 11.5 Å². The third-order valence-corrected chi connectivity index (χ3v) is 4.51. The first-order valence-corrected chi connectivity index (χ1v) is 8.66. The highest BCUT2D eigenvalue weighted by atomic mass is 32.1. The number of nitrogens with two attached hydrogens (primary N) is 1. The Kier molecular flexibility index (Phi) is 6.57. The summed E-state index contributed by atoms with van der Waals surface area (Å²) in [7, 11) is 3.18. The quantitative estimate of drug-likeness (QED) is 0.765. The van der Waals surface area contributed by atoms with Crippen LogP contribution in [0.15, 0.2) is 23.6 Å². The summed E-state index contributed by atoms with van der Waals surface area (Å²) < 4.78 is 10.4. The molecule has 24 heavy (non-hydrogen) atoms. The summed E-state index contributed by atoms with van der Waals surface area (Å²) in [6, 6.07) is 5.38. The number of aromatic nitrogens is 1. The van der Waals surface area contributed by atoms with Gasteiger partial charge in [-0.05, 0) is 24.1 Å². The van der Waals surface area contributed by atoms with Crippen molar-refractivity contribution in [3.63, 3.8) is 0 Å². The second kappa shape index (κ2) is 8.65. The van der Waals surface area contributed by atoms with E-state index in [1.54, 1.807) is 25.7 Å². The minimum absolute atomic E-state index is 0.107. The van der Waals surface area contributed by atoms with E-state index in [2.05, 4.69) is 17.2 Å². The number of methoxy groups -OCH3 is 2. The van der Waals surface area contributed by atoms with Crippen LogP contribution >= 0.6 is 11.3 Å². The summed E-state index contributed by atoms with van der Waals surface area (Å²) in [6.45, 7) is 2.43. The van der Waals surface area contributed by atoms with Gasteiger partial charge in [-0.25, -0.2) is 4.98 Å². The lowest BCUT2D eigenvalue weighted by atomic mass is 10.2. The van der Waals surface area contributed by atoms with Crippen molar-refractivity contribution in [3.05, 3.63) is 39.8 Å². The third-order valence-electron chi connectivity index (χ3n) is 3.54. The van der Waals surface area contributed by atoms with E-state index in [1.807, 2.05) is 12.1 Å². The number of carbonyl (C=O) groups is 1.